The molecule has 3 aromatic rings. The molecule has 1 N–H and O–H groups in total. The summed E-state index contributed by atoms with van der Waals surface area (Å²) in [6.45, 7) is 0. The van der Waals surface area contributed by atoms with Crippen LogP contribution in [0.25, 0.3) is 22.3 Å². The van der Waals surface area contributed by atoms with Crippen LogP contribution in [0, 0.1) is 0 Å². The highest BCUT2D eigenvalue weighted by atomic mass is 16.5. The van der Waals surface area contributed by atoms with Gasteiger partial charge in [0.05, 0.1) is 26.7 Å². The summed E-state index contributed by atoms with van der Waals surface area (Å²) < 4.78 is 21.3. The Kier molecular flexibility index (Phi) is 4.04. The third-order valence-corrected chi connectivity index (χ3v) is 3.70. The molecule has 0 radical (unpaired) electrons. The van der Waals surface area contributed by atoms with Gasteiger partial charge in [-0.15, -0.1) is 0 Å². The van der Waals surface area contributed by atoms with Crippen molar-refractivity contribution in [3.8, 4) is 34.3 Å². The van der Waals surface area contributed by atoms with Crippen LogP contribution in [0.3, 0.4) is 0 Å². The van der Waals surface area contributed by atoms with E-state index < -0.39 is 0 Å². The highest BCUT2D eigenvalue weighted by molar-refractivity contribution is 5.82. The number of phenolic OH excluding ortho intramolecular Hbond substituents is 1. The highest BCUT2D eigenvalue weighted by Crippen LogP contribution is 2.34. The molecular weight excluding hydrogens is 312 g/mol. The zero-order valence-corrected chi connectivity index (χ0v) is 13.5. The highest BCUT2D eigenvalue weighted by Gasteiger charge is 2.13. The summed E-state index contributed by atoms with van der Waals surface area (Å²) in [5, 5.41) is 10.2. The second-order valence-electron chi connectivity index (χ2n) is 5.06. The molecule has 2 aromatic carbocycles. The second kappa shape index (κ2) is 6.16. The Bertz CT molecular complexity index is 958. The molecule has 0 saturated heterocycles. The smallest absolute Gasteiger partial charge is 0.193 e. The maximum absolute atomic E-state index is 12.4. The summed E-state index contributed by atoms with van der Waals surface area (Å²) in [4.78, 5) is 12.4. The minimum atomic E-state index is -0.237. The maximum Gasteiger partial charge on any atom is 0.193 e. The van der Waals surface area contributed by atoms with Crippen molar-refractivity contribution in [3.05, 3.63) is 46.6 Å². The van der Waals surface area contributed by atoms with E-state index in [1.54, 1.807) is 25.3 Å². The Hall–Kier alpha value is -3.15. The van der Waals surface area contributed by atoms with E-state index in [1.165, 1.54) is 32.4 Å². The first-order valence-corrected chi connectivity index (χ1v) is 7.14. The van der Waals surface area contributed by atoms with E-state index in [0.29, 0.717) is 28.2 Å². The van der Waals surface area contributed by atoms with E-state index in [-0.39, 0.29) is 22.5 Å². The lowest BCUT2D eigenvalue weighted by Gasteiger charge is -2.10. The molecule has 0 bridgehead atoms. The number of phenols is 1. The number of rotatable bonds is 4. The standard InChI is InChI=1S/C18H16O6/c1-21-14-5-4-10(6-18(14)23-3)15-8-12(19)11-7-17(22-2)13(20)9-16(11)24-15/h4-9,20H,1-3H3. The molecule has 0 aliphatic carbocycles. The van der Waals surface area contributed by atoms with Gasteiger partial charge in [-0.05, 0) is 24.3 Å². The number of hydrogen-bond acceptors (Lipinski definition) is 6. The zero-order valence-electron chi connectivity index (χ0n) is 13.5. The van der Waals surface area contributed by atoms with E-state index in [4.69, 9.17) is 18.6 Å². The van der Waals surface area contributed by atoms with Crippen LogP contribution in [-0.4, -0.2) is 26.4 Å². The van der Waals surface area contributed by atoms with Crippen molar-refractivity contribution in [1.82, 2.24) is 0 Å². The van der Waals surface area contributed by atoms with Crippen molar-refractivity contribution in [2.24, 2.45) is 0 Å². The molecule has 0 atom stereocenters. The molecule has 0 unspecified atom stereocenters. The topological polar surface area (TPSA) is 78.1 Å². The Morgan fingerprint density at radius 3 is 2.25 bits per heavy atom. The Labute approximate surface area is 137 Å². The minimum absolute atomic E-state index is 0.0994. The number of benzene rings is 2. The number of hydrogen-bond donors (Lipinski definition) is 1. The van der Waals surface area contributed by atoms with Crippen molar-refractivity contribution in [3.63, 3.8) is 0 Å². The summed E-state index contributed by atoms with van der Waals surface area (Å²) in [6.07, 6.45) is 0. The molecule has 0 saturated carbocycles. The quantitative estimate of drug-likeness (QED) is 0.792. The van der Waals surface area contributed by atoms with Crippen LogP contribution in [0.1, 0.15) is 0 Å². The van der Waals surface area contributed by atoms with Crippen LogP contribution in [0.15, 0.2) is 45.6 Å². The summed E-state index contributed by atoms with van der Waals surface area (Å²) >= 11 is 0. The van der Waals surface area contributed by atoms with E-state index in [0.717, 1.165) is 0 Å². The molecule has 124 valence electrons. The van der Waals surface area contributed by atoms with Gasteiger partial charge in [0.1, 0.15) is 11.3 Å². The van der Waals surface area contributed by atoms with Gasteiger partial charge in [-0.25, -0.2) is 0 Å². The average molecular weight is 328 g/mol. The van der Waals surface area contributed by atoms with Gasteiger partial charge < -0.3 is 23.7 Å². The Balaban J connectivity index is 2.19. The van der Waals surface area contributed by atoms with Gasteiger partial charge in [0, 0.05) is 17.7 Å². The molecule has 6 nitrogen and oxygen atoms in total. The maximum atomic E-state index is 12.4. The van der Waals surface area contributed by atoms with Crippen LogP contribution in [0.4, 0.5) is 0 Å². The van der Waals surface area contributed by atoms with Crippen LogP contribution < -0.4 is 19.6 Å². The van der Waals surface area contributed by atoms with Crippen LogP contribution in [0.5, 0.6) is 23.0 Å². The van der Waals surface area contributed by atoms with Gasteiger partial charge in [-0.3, -0.25) is 4.79 Å². The molecule has 24 heavy (non-hydrogen) atoms. The summed E-state index contributed by atoms with van der Waals surface area (Å²) in [6, 6.07) is 9.40. The number of methoxy groups -OCH3 is 3. The zero-order chi connectivity index (χ0) is 17.3. The van der Waals surface area contributed by atoms with Gasteiger partial charge in [-0.2, -0.15) is 0 Å². The summed E-state index contributed by atoms with van der Waals surface area (Å²) in [5.74, 6) is 1.58. The fraction of sp³-hybridized carbons (Fsp3) is 0.167. The van der Waals surface area contributed by atoms with Gasteiger partial charge in [0.25, 0.3) is 0 Å². The molecular formula is C18H16O6. The third-order valence-electron chi connectivity index (χ3n) is 3.70. The van der Waals surface area contributed by atoms with Crippen molar-refractivity contribution in [2.45, 2.75) is 0 Å². The summed E-state index contributed by atoms with van der Waals surface area (Å²) in [5.41, 5.74) is 0.687. The van der Waals surface area contributed by atoms with Crippen molar-refractivity contribution < 1.29 is 23.7 Å². The molecule has 6 heteroatoms. The lowest BCUT2D eigenvalue weighted by molar-refractivity contribution is 0.355. The molecule has 0 aliphatic rings. The van der Waals surface area contributed by atoms with Crippen LogP contribution >= 0.6 is 0 Å². The molecule has 1 aromatic heterocycles. The van der Waals surface area contributed by atoms with Crippen molar-refractivity contribution in [2.75, 3.05) is 21.3 Å². The molecule has 0 fully saturated rings. The number of ether oxygens (including phenoxy) is 3. The first-order valence-electron chi connectivity index (χ1n) is 7.14. The molecule has 1 heterocycles. The van der Waals surface area contributed by atoms with E-state index >= 15 is 0 Å². The van der Waals surface area contributed by atoms with E-state index in [1.807, 2.05) is 0 Å². The fourth-order valence-corrected chi connectivity index (χ4v) is 2.47. The average Bonchev–Trinajstić information content (AvgIpc) is 2.60. The monoisotopic (exact) mass is 328 g/mol. The summed E-state index contributed by atoms with van der Waals surface area (Å²) in [7, 11) is 4.49. The van der Waals surface area contributed by atoms with Crippen LogP contribution in [0.2, 0.25) is 0 Å². The predicted octanol–water partition coefficient (Wildman–Crippen LogP) is 3.19. The van der Waals surface area contributed by atoms with Gasteiger partial charge in [0.2, 0.25) is 0 Å². The van der Waals surface area contributed by atoms with Gasteiger partial charge in [-0.1, -0.05) is 0 Å². The van der Waals surface area contributed by atoms with Gasteiger partial charge >= 0.3 is 0 Å². The first-order chi connectivity index (χ1) is 11.6. The number of aromatic hydroxyl groups is 1. The molecule has 3 rings (SSSR count). The first kappa shape index (κ1) is 15.7. The fourth-order valence-electron chi connectivity index (χ4n) is 2.47. The predicted molar refractivity (Wildman–Crippen MR) is 89.2 cm³/mol. The Morgan fingerprint density at radius 2 is 1.58 bits per heavy atom. The van der Waals surface area contributed by atoms with E-state index in [2.05, 4.69) is 0 Å². The third kappa shape index (κ3) is 2.62. The second-order valence-corrected chi connectivity index (χ2v) is 5.06. The lowest BCUT2D eigenvalue weighted by atomic mass is 10.1. The Morgan fingerprint density at radius 1 is 0.875 bits per heavy atom. The normalized spacial score (nSPS) is 10.6. The molecule has 0 amide bonds. The van der Waals surface area contributed by atoms with Crippen molar-refractivity contribution >= 4 is 11.0 Å². The molecule has 0 spiro atoms. The minimum Gasteiger partial charge on any atom is -0.504 e. The van der Waals surface area contributed by atoms with Crippen LogP contribution in [-0.2, 0) is 0 Å². The van der Waals surface area contributed by atoms with Crippen molar-refractivity contribution in [1.29, 1.82) is 0 Å². The number of fused-ring (bicyclic) bond motifs is 1. The lowest BCUT2D eigenvalue weighted by Crippen LogP contribution is -2.01. The van der Waals surface area contributed by atoms with Gasteiger partial charge in [0.15, 0.2) is 28.4 Å². The SMILES string of the molecule is COc1cc2c(=O)cc(-c3ccc(OC)c(OC)c3)oc2cc1O. The van der Waals surface area contributed by atoms with E-state index in [9.17, 15) is 9.90 Å². The molecule has 0 aliphatic heterocycles. The largest absolute Gasteiger partial charge is 0.504 e.